The van der Waals surface area contributed by atoms with E-state index < -0.39 is 0 Å². The third-order valence-corrected chi connectivity index (χ3v) is 0.866. The molecule has 0 aromatic heterocycles. The van der Waals surface area contributed by atoms with Crippen molar-refractivity contribution in [2.75, 3.05) is 0 Å². The number of hydrogen-bond acceptors (Lipinski definition) is 0. The van der Waals surface area contributed by atoms with E-state index in [9.17, 15) is 0 Å². The van der Waals surface area contributed by atoms with Crippen molar-refractivity contribution < 1.29 is 0 Å². The fourth-order valence-electron chi connectivity index (χ4n) is 0.167. The summed E-state index contributed by atoms with van der Waals surface area (Å²) in [6, 6.07) is 0. The van der Waals surface area contributed by atoms with Gasteiger partial charge < -0.3 is 0 Å². The van der Waals surface area contributed by atoms with E-state index in [1.54, 1.807) is 0 Å². The summed E-state index contributed by atoms with van der Waals surface area (Å²) >= 11 is 0. The molecular formula is C7H17Si. The minimum absolute atomic E-state index is 0.120. The predicted octanol–water partition coefficient (Wildman–Crippen LogP) is 2.79. The van der Waals surface area contributed by atoms with Gasteiger partial charge in [0.25, 0.3) is 0 Å². The van der Waals surface area contributed by atoms with Gasteiger partial charge in [-0.25, -0.2) is 0 Å². The van der Waals surface area contributed by atoms with Crippen molar-refractivity contribution in [3.63, 3.8) is 0 Å². The fourth-order valence-corrected chi connectivity index (χ4v) is 0.167. The molecule has 1 heteroatoms. The molecule has 0 nitrogen and oxygen atoms in total. The van der Waals surface area contributed by atoms with Crippen molar-refractivity contribution in [2.45, 2.75) is 39.4 Å². The van der Waals surface area contributed by atoms with Crippen LogP contribution in [0.25, 0.3) is 0 Å². The summed E-state index contributed by atoms with van der Waals surface area (Å²) in [5.41, 5.74) is 0. The van der Waals surface area contributed by atoms with E-state index in [1.807, 2.05) is 0 Å². The second-order valence-corrected chi connectivity index (χ2v) is 6.18. The van der Waals surface area contributed by atoms with Gasteiger partial charge in [-0.1, -0.05) is 39.4 Å². The monoisotopic (exact) mass is 129 g/mol. The van der Waals surface area contributed by atoms with Crippen molar-refractivity contribution in [1.82, 2.24) is 0 Å². The SMILES string of the molecule is CC1CC1.C[Si](C)C. The Balaban J connectivity index is 0.000000122. The smallest absolute Gasteiger partial charge is 0.0379 e. The van der Waals surface area contributed by atoms with Gasteiger partial charge in [0.15, 0.2) is 0 Å². The average molecular weight is 129 g/mol. The first-order valence-corrected chi connectivity index (χ1v) is 6.39. The summed E-state index contributed by atoms with van der Waals surface area (Å²) in [6.07, 6.45) is 2.97. The molecule has 0 N–H and O–H groups in total. The molecule has 1 aliphatic rings. The zero-order valence-corrected chi connectivity index (χ0v) is 7.49. The maximum absolute atomic E-state index is 2.28. The third kappa shape index (κ3) is 16.4. The van der Waals surface area contributed by atoms with E-state index in [2.05, 4.69) is 26.6 Å². The van der Waals surface area contributed by atoms with Crippen LogP contribution in [0.1, 0.15) is 19.8 Å². The molecule has 1 aliphatic carbocycles. The molecule has 49 valence electrons. The lowest BCUT2D eigenvalue weighted by Gasteiger charge is -1.75. The van der Waals surface area contributed by atoms with Crippen molar-refractivity contribution in [3.05, 3.63) is 0 Å². The molecule has 0 saturated heterocycles. The summed E-state index contributed by atoms with van der Waals surface area (Å²) in [5.74, 6) is 1.08. The minimum Gasteiger partial charge on any atom is -0.0715 e. The first-order chi connectivity index (χ1) is 3.63. The molecule has 1 radical (unpaired) electrons. The highest BCUT2D eigenvalue weighted by Gasteiger charge is 2.12. The summed E-state index contributed by atoms with van der Waals surface area (Å²) in [5, 5.41) is 0. The van der Waals surface area contributed by atoms with Crippen LogP contribution >= 0.6 is 0 Å². The molecule has 1 rings (SSSR count). The molecule has 0 atom stereocenters. The van der Waals surface area contributed by atoms with Crippen LogP contribution in [0.2, 0.25) is 19.6 Å². The lowest BCUT2D eigenvalue weighted by molar-refractivity contribution is 0.983. The molecule has 0 aromatic carbocycles. The second-order valence-electron chi connectivity index (χ2n) is 3.18. The Bertz CT molecular complexity index is 43.6. The third-order valence-electron chi connectivity index (χ3n) is 0.866. The zero-order valence-electron chi connectivity index (χ0n) is 6.49. The van der Waals surface area contributed by atoms with E-state index in [4.69, 9.17) is 0 Å². The van der Waals surface area contributed by atoms with Crippen molar-refractivity contribution >= 4 is 8.80 Å². The fraction of sp³-hybridized carbons (Fsp3) is 1.00. The quantitative estimate of drug-likeness (QED) is 0.441. The summed E-state index contributed by atoms with van der Waals surface area (Å²) < 4.78 is 0. The van der Waals surface area contributed by atoms with Gasteiger partial charge in [-0.15, -0.1) is 0 Å². The van der Waals surface area contributed by atoms with Gasteiger partial charge in [-0.3, -0.25) is 0 Å². The maximum atomic E-state index is 2.28. The van der Waals surface area contributed by atoms with E-state index in [0.29, 0.717) is 0 Å². The van der Waals surface area contributed by atoms with Crippen LogP contribution in [-0.4, -0.2) is 8.80 Å². The molecule has 0 aromatic rings. The Morgan fingerprint density at radius 2 is 1.25 bits per heavy atom. The molecule has 0 unspecified atom stereocenters. The molecule has 0 heterocycles. The highest BCUT2D eigenvalue weighted by atomic mass is 28.3. The normalized spacial score (nSPS) is 17.6. The minimum atomic E-state index is 0.120. The molecule has 0 aliphatic heterocycles. The predicted molar refractivity (Wildman–Crippen MR) is 41.7 cm³/mol. The summed E-state index contributed by atoms with van der Waals surface area (Å²) in [7, 11) is 0.120. The van der Waals surface area contributed by atoms with Gasteiger partial charge >= 0.3 is 0 Å². The molecule has 1 fully saturated rings. The Kier molecular flexibility index (Phi) is 4.24. The van der Waals surface area contributed by atoms with Gasteiger partial charge in [0.2, 0.25) is 0 Å². The largest absolute Gasteiger partial charge is 0.0715 e. The standard InChI is InChI=1S/C4H8.C3H9Si/c1-4-2-3-4;1-4(2)3/h4H,2-3H2,1H3;1-3H3. The molecular weight excluding hydrogens is 112 g/mol. The number of hydrogen-bond donors (Lipinski definition) is 0. The Labute approximate surface area is 54.9 Å². The Hall–Kier alpha value is 0.217. The first kappa shape index (κ1) is 8.22. The van der Waals surface area contributed by atoms with Crippen LogP contribution in [0, 0.1) is 5.92 Å². The highest BCUT2D eigenvalue weighted by molar-refractivity contribution is 6.54. The van der Waals surface area contributed by atoms with E-state index >= 15 is 0 Å². The zero-order chi connectivity index (χ0) is 6.57. The topological polar surface area (TPSA) is 0 Å². The number of rotatable bonds is 0. The van der Waals surface area contributed by atoms with Crippen LogP contribution < -0.4 is 0 Å². The lowest BCUT2D eigenvalue weighted by atomic mass is 10.5. The molecule has 0 amide bonds. The van der Waals surface area contributed by atoms with Gasteiger partial charge in [-0.05, 0) is 5.92 Å². The van der Waals surface area contributed by atoms with Crippen molar-refractivity contribution in [3.8, 4) is 0 Å². The molecule has 0 spiro atoms. The van der Waals surface area contributed by atoms with Gasteiger partial charge in [0.1, 0.15) is 0 Å². The average Bonchev–Trinajstić information content (AvgIpc) is 2.19. The maximum Gasteiger partial charge on any atom is 0.0379 e. The molecule has 1 saturated carbocycles. The second kappa shape index (κ2) is 4.13. The van der Waals surface area contributed by atoms with E-state index in [-0.39, 0.29) is 8.80 Å². The summed E-state index contributed by atoms with van der Waals surface area (Å²) in [6.45, 7) is 9.08. The van der Waals surface area contributed by atoms with Crippen LogP contribution in [0.5, 0.6) is 0 Å². The van der Waals surface area contributed by atoms with Crippen LogP contribution in [0.4, 0.5) is 0 Å². The van der Waals surface area contributed by atoms with Crippen molar-refractivity contribution in [2.24, 2.45) is 5.92 Å². The highest BCUT2D eigenvalue weighted by Crippen LogP contribution is 2.26. The van der Waals surface area contributed by atoms with Gasteiger partial charge in [-0.2, -0.15) is 0 Å². The van der Waals surface area contributed by atoms with E-state index in [1.165, 1.54) is 12.8 Å². The molecule has 0 bridgehead atoms. The van der Waals surface area contributed by atoms with E-state index in [0.717, 1.165) is 5.92 Å². The molecule has 8 heavy (non-hydrogen) atoms. The van der Waals surface area contributed by atoms with Crippen LogP contribution in [-0.2, 0) is 0 Å². The van der Waals surface area contributed by atoms with Crippen LogP contribution in [0.3, 0.4) is 0 Å². The summed E-state index contributed by atoms with van der Waals surface area (Å²) in [4.78, 5) is 0. The van der Waals surface area contributed by atoms with Gasteiger partial charge in [0.05, 0.1) is 0 Å². The Morgan fingerprint density at radius 1 is 1.12 bits per heavy atom. The van der Waals surface area contributed by atoms with Crippen molar-refractivity contribution in [1.29, 1.82) is 0 Å². The lowest BCUT2D eigenvalue weighted by Crippen LogP contribution is -1.84. The first-order valence-electron chi connectivity index (χ1n) is 3.39. The Morgan fingerprint density at radius 3 is 1.25 bits per heavy atom. The van der Waals surface area contributed by atoms with Gasteiger partial charge in [0, 0.05) is 8.80 Å². The van der Waals surface area contributed by atoms with Crippen LogP contribution in [0.15, 0.2) is 0 Å².